The first kappa shape index (κ1) is 18.1. The lowest BCUT2D eigenvalue weighted by molar-refractivity contribution is 0.243. The van der Waals surface area contributed by atoms with Crippen molar-refractivity contribution in [3.63, 3.8) is 0 Å². The fourth-order valence-electron chi connectivity index (χ4n) is 1.63. The second-order valence-corrected chi connectivity index (χ2v) is 8.42. The van der Waals surface area contributed by atoms with Gasteiger partial charge < -0.3 is 4.74 Å². The Labute approximate surface area is 148 Å². The molecule has 0 aliphatic heterocycles. The average molecular weight is 393 g/mol. The summed E-state index contributed by atoms with van der Waals surface area (Å²) in [6, 6.07) is 6.33. The van der Waals surface area contributed by atoms with E-state index in [4.69, 9.17) is 27.9 Å². The summed E-state index contributed by atoms with van der Waals surface area (Å²) in [7, 11) is -3.65. The molecule has 9 heteroatoms. The lowest BCUT2D eigenvalue weighted by Crippen LogP contribution is -2.17. The number of benzene rings is 1. The SMILES string of the molecule is CC(C)Oc1c(Cl)cc(/C=N/NS(=O)(=O)c2cccs2)cc1Cl. The zero-order valence-corrected chi connectivity index (χ0v) is 15.4. The molecule has 0 saturated carbocycles. The molecule has 0 aliphatic rings. The Morgan fingerprint density at radius 2 is 1.96 bits per heavy atom. The topological polar surface area (TPSA) is 67.8 Å². The number of halogens is 2. The molecule has 0 unspecified atom stereocenters. The summed E-state index contributed by atoms with van der Waals surface area (Å²) in [6.07, 6.45) is 1.25. The lowest BCUT2D eigenvalue weighted by Gasteiger charge is -2.13. The summed E-state index contributed by atoms with van der Waals surface area (Å²) in [4.78, 5) is 2.13. The van der Waals surface area contributed by atoms with Crippen molar-refractivity contribution in [1.29, 1.82) is 0 Å². The van der Waals surface area contributed by atoms with Crippen molar-refractivity contribution in [3.05, 3.63) is 45.3 Å². The van der Waals surface area contributed by atoms with Crippen molar-refractivity contribution in [2.75, 3.05) is 0 Å². The lowest BCUT2D eigenvalue weighted by atomic mass is 10.2. The van der Waals surface area contributed by atoms with Gasteiger partial charge >= 0.3 is 0 Å². The second kappa shape index (κ2) is 7.53. The Bertz CT molecular complexity index is 780. The van der Waals surface area contributed by atoms with Gasteiger partial charge in [-0.2, -0.15) is 18.4 Å². The van der Waals surface area contributed by atoms with Crippen LogP contribution in [0.3, 0.4) is 0 Å². The van der Waals surface area contributed by atoms with Crippen molar-refractivity contribution < 1.29 is 13.2 Å². The molecule has 0 saturated heterocycles. The van der Waals surface area contributed by atoms with E-state index in [0.717, 1.165) is 11.3 Å². The maximum absolute atomic E-state index is 11.9. The Balaban J connectivity index is 2.15. The van der Waals surface area contributed by atoms with Crippen molar-refractivity contribution in [2.24, 2.45) is 5.10 Å². The molecule has 2 aromatic rings. The third-order valence-corrected chi connectivity index (χ3v) is 5.70. The van der Waals surface area contributed by atoms with Crippen LogP contribution in [0.1, 0.15) is 19.4 Å². The molecule has 1 heterocycles. The summed E-state index contributed by atoms with van der Waals surface area (Å²) < 4.78 is 29.5. The highest BCUT2D eigenvalue weighted by Crippen LogP contribution is 2.34. The highest BCUT2D eigenvalue weighted by Gasteiger charge is 2.14. The number of ether oxygens (including phenoxy) is 1. The van der Waals surface area contributed by atoms with Crippen LogP contribution in [0.2, 0.25) is 10.0 Å². The molecule has 0 spiro atoms. The maximum Gasteiger partial charge on any atom is 0.286 e. The van der Waals surface area contributed by atoms with Crippen LogP contribution >= 0.6 is 34.5 Å². The predicted molar refractivity (Wildman–Crippen MR) is 94.5 cm³/mol. The van der Waals surface area contributed by atoms with Crippen LogP contribution < -0.4 is 9.57 Å². The highest BCUT2D eigenvalue weighted by molar-refractivity contribution is 7.91. The zero-order chi connectivity index (χ0) is 17.0. The van der Waals surface area contributed by atoms with Crippen LogP contribution in [-0.4, -0.2) is 20.7 Å². The van der Waals surface area contributed by atoms with Crippen LogP contribution in [0.4, 0.5) is 0 Å². The Morgan fingerprint density at radius 1 is 1.30 bits per heavy atom. The Kier molecular flexibility index (Phi) is 5.91. The van der Waals surface area contributed by atoms with Gasteiger partial charge in [-0.05, 0) is 43.0 Å². The predicted octanol–water partition coefficient (Wildman–Crippen LogP) is 4.15. The Morgan fingerprint density at radius 3 is 2.48 bits per heavy atom. The summed E-state index contributed by atoms with van der Waals surface area (Å²) in [5.41, 5.74) is 0.546. The van der Waals surface area contributed by atoms with Gasteiger partial charge in [0.2, 0.25) is 0 Å². The van der Waals surface area contributed by atoms with Gasteiger partial charge in [-0.15, -0.1) is 11.3 Å². The molecule has 23 heavy (non-hydrogen) atoms. The normalized spacial score (nSPS) is 12.0. The number of nitrogens with one attached hydrogen (secondary N) is 1. The van der Waals surface area contributed by atoms with Crippen LogP contribution in [0.25, 0.3) is 0 Å². The van der Waals surface area contributed by atoms with Gasteiger partial charge in [-0.3, -0.25) is 0 Å². The minimum Gasteiger partial charge on any atom is -0.488 e. The number of hydrazone groups is 1. The van der Waals surface area contributed by atoms with Gasteiger partial charge in [0.05, 0.1) is 22.4 Å². The molecule has 0 radical (unpaired) electrons. The number of rotatable bonds is 6. The zero-order valence-electron chi connectivity index (χ0n) is 12.3. The van der Waals surface area contributed by atoms with E-state index in [1.165, 1.54) is 12.3 Å². The van der Waals surface area contributed by atoms with E-state index >= 15 is 0 Å². The van der Waals surface area contributed by atoms with E-state index in [0.29, 0.717) is 21.4 Å². The summed E-state index contributed by atoms with van der Waals surface area (Å²) in [5, 5.41) is 6.05. The second-order valence-electron chi connectivity index (χ2n) is 4.77. The first-order valence-corrected chi connectivity index (χ1v) is 9.65. The first-order chi connectivity index (χ1) is 10.8. The quantitative estimate of drug-likeness (QED) is 0.592. The van der Waals surface area contributed by atoms with Gasteiger partial charge in [0, 0.05) is 0 Å². The molecular formula is C14H14Cl2N2O3S2. The monoisotopic (exact) mass is 392 g/mol. The van der Waals surface area contributed by atoms with Gasteiger partial charge in [0.15, 0.2) is 5.75 Å². The molecule has 1 aromatic heterocycles. The number of hydrogen-bond acceptors (Lipinski definition) is 5. The largest absolute Gasteiger partial charge is 0.488 e. The molecule has 5 nitrogen and oxygen atoms in total. The van der Waals surface area contributed by atoms with Crippen molar-refractivity contribution >= 4 is 50.8 Å². The van der Waals surface area contributed by atoms with Gasteiger partial charge in [0.1, 0.15) is 4.21 Å². The first-order valence-electron chi connectivity index (χ1n) is 6.53. The standard InChI is InChI=1S/C14H14Cl2N2O3S2/c1-9(2)21-14-11(15)6-10(7-12(14)16)8-17-18-23(19,20)13-4-3-5-22-13/h3-9,18H,1-2H3/b17-8+. The van der Waals surface area contributed by atoms with Crippen molar-refractivity contribution in [2.45, 2.75) is 24.2 Å². The highest BCUT2D eigenvalue weighted by atomic mass is 35.5. The average Bonchev–Trinajstić information content (AvgIpc) is 2.97. The van der Waals surface area contributed by atoms with Crippen LogP contribution in [0, 0.1) is 0 Å². The fraction of sp³-hybridized carbons (Fsp3) is 0.214. The molecular weight excluding hydrogens is 379 g/mol. The van der Waals surface area contributed by atoms with E-state index < -0.39 is 10.0 Å². The van der Waals surface area contributed by atoms with Gasteiger partial charge in [0.25, 0.3) is 10.0 Å². The third kappa shape index (κ3) is 4.84. The third-order valence-electron chi connectivity index (χ3n) is 2.52. The number of sulfonamides is 1. The number of hydrogen-bond donors (Lipinski definition) is 1. The summed E-state index contributed by atoms with van der Waals surface area (Å²) in [5.74, 6) is 0.389. The molecule has 2 rings (SSSR count). The molecule has 124 valence electrons. The smallest absolute Gasteiger partial charge is 0.286 e. The molecule has 0 aliphatic carbocycles. The van der Waals surface area contributed by atoms with E-state index in [1.54, 1.807) is 23.6 Å². The van der Waals surface area contributed by atoms with E-state index in [9.17, 15) is 8.42 Å². The van der Waals surface area contributed by atoms with Crippen molar-refractivity contribution in [1.82, 2.24) is 4.83 Å². The molecule has 0 fully saturated rings. The number of nitrogens with zero attached hydrogens (tertiary/aromatic N) is 1. The number of thiophene rings is 1. The van der Waals surface area contributed by atoms with E-state index in [-0.39, 0.29) is 10.3 Å². The Hall–Kier alpha value is -1.28. The molecule has 0 atom stereocenters. The van der Waals surface area contributed by atoms with Gasteiger partial charge in [-0.1, -0.05) is 29.3 Å². The van der Waals surface area contributed by atoms with Gasteiger partial charge in [-0.25, -0.2) is 0 Å². The maximum atomic E-state index is 11.9. The van der Waals surface area contributed by atoms with Crippen LogP contribution in [0.5, 0.6) is 5.75 Å². The molecule has 0 bridgehead atoms. The summed E-state index contributed by atoms with van der Waals surface area (Å²) >= 11 is 13.3. The van der Waals surface area contributed by atoms with E-state index in [1.807, 2.05) is 13.8 Å². The fourth-order valence-corrected chi connectivity index (χ4v) is 4.00. The minimum absolute atomic E-state index is 0.0675. The summed E-state index contributed by atoms with van der Waals surface area (Å²) in [6.45, 7) is 3.72. The van der Waals surface area contributed by atoms with Crippen LogP contribution in [0.15, 0.2) is 39.0 Å². The molecule has 1 aromatic carbocycles. The van der Waals surface area contributed by atoms with Crippen LogP contribution in [-0.2, 0) is 10.0 Å². The molecule has 1 N–H and O–H groups in total. The minimum atomic E-state index is -3.65. The van der Waals surface area contributed by atoms with Crippen molar-refractivity contribution in [3.8, 4) is 5.75 Å². The van der Waals surface area contributed by atoms with E-state index in [2.05, 4.69) is 9.93 Å². The molecule has 0 amide bonds.